The Kier molecular flexibility index (Phi) is 4.40. The van der Waals surface area contributed by atoms with E-state index in [1.54, 1.807) is 11.3 Å². The molecule has 3 aromatic rings. The summed E-state index contributed by atoms with van der Waals surface area (Å²) in [6.07, 6.45) is 1.98. The molecule has 1 aliphatic rings. The van der Waals surface area contributed by atoms with Crippen LogP contribution in [-0.2, 0) is 4.79 Å². The summed E-state index contributed by atoms with van der Waals surface area (Å²) >= 11 is 7.76. The molecule has 0 saturated heterocycles. The van der Waals surface area contributed by atoms with Crippen LogP contribution in [0, 0.1) is 20.8 Å². The summed E-state index contributed by atoms with van der Waals surface area (Å²) in [6.45, 7) is 6.10. The molecule has 0 aliphatic carbocycles. The van der Waals surface area contributed by atoms with E-state index >= 15 is 0 Å². The van der Waals surface area contributed by atoms with Gasteiger partial charge in [0.2, 0.25) is 0 Å². The normalized spacial score (nSPS) is 15.7. The Balaban J connectivity index is 2.04. The number of thiophene rings is 1. The zero-order valence-corrected chi connectivity index (χ0v) is 16.7. The van der Waals surface area contributed by atoms with E-state index in [0.29, 0.717) is 10.8 Å². The first kappa shape index (κ1) is 17.9. The van der Waals surface area contributed by atoms with Gasteiger partial charge in [-0.2, -0.15) is 0 Å². The van der Waals surface area contributed by atoms with Crippen molar-refractivity contribution in [3.05, 3.63) is 68.6 Å². The number of hydrogen-bond donors (Lipinski definition) is 1. The quantitative estimate of drug-likeness (QED) is 0.679. The zero-order valence-electron chi connectivity index (χ0n) is 15.2. The van der Waals surface area contributed by atoms with E-state index < -0.39 is 5.97 Å². The lowest BCUT2D eigenvalue weighted by atomic mass is 9.92. The van der Waals surface area contributed by atoms with Crippen molar-refractivity contribution in [1.29, 1.82) is 0 Å². The van der Waals surface area contributed by atoms with Gasteiger partial charge in [0.05, 0.1) is 6.42 Å². The summed E-state index contributed by atoms with van der Waals surface area (Å²) in [7, 11) is 0. The van der Waals surface area contributed by atoms with Gasteiger partial charge in [0.25, 0.3) is 0 Å². The fourth-order valence-corrected chi connectivity index (χ4v) is 4.87. The molecule has 1 N–H and O–H groups in total. The zero-order chi connectivity index (χ0) is 19.3. The molecule has 1 aliphatic heterocycles. The van der Waals surface area contributed by atoms with Crippen LogP contribution in [0.2, 0.25) is 5.02 Å². The predicted octanol–water partition coefficient (Wildman–Crippen LogP) is 4.91. The van der Waals surface area contributed by atoms with Crippen molar-refractivity contribution < 1.29 is 9.90 Å². The minimum Gasteiger partial charge on any atom is -0.481 e. The summed E-state index contributed by atoms with van der Waals surface area (Å²) in [5, 5.41) is 19.7. The smallest absolute Gasteiger partial charge is 0.304 e. The molecule has 0 saturated carbocycles. The Hall–Kier alpha value is -2.44. The first-order valence-corrected chi connectivity index (χ1v) is 9.78. The van der Waals surface area contributed by atoms with Crippen LogP contribution in [0.3, 0.4) is 0 Å². The summed E-state index contributed by atoms with van der Waals surface area (Å²) in [5.41, 5.74) is 4.32. The van der Waals surface area contributed by atoms with Crippen LogP contribution < -0.4 is 0 Å². The first-order chi connectivity index (χ1) is 12.9. The monoisotopic (exact) mass is 399 g/mol. The molecule has 0 fully saturated rings. The lowest BCUT2D eigenvalue weighted by Crippen LogP contribution is -2.09. The third kappa shape index (κ3) is 2.99. The topological polar surface area (TPSA) is 68.0 Å². The average molecular weight is 400 g/mol. The molecule has 1 aromatic carbocycles. The molecule has 1 atom stereocenters. The maximum atomic E-state index is 11.5. The molecule has 0 spiro atoms. The summed E-state index contributed by atoms with van der Waals surface area (Å²) in [4.78, 5) is 12.7. The number of halogens is 1. The van der Waals surface area contributed by atoms with E-state index in [4.69, 9.17) is 11.6 Å². The van der Waals surface area contributed by atoms with Crippen molar-refractivity contribution >= 4 is 34.5 Å². The molecule has 2 aromatic heterocycles. The van der Waals surface area contributed by atoms with Crippen LogP contribution in [0.15, 0.2) is 30.3 Å². The third-order valence-corrected chi connectivity index (χ3v) is 6.38. The second-order valence-electron chi connectivity index (χ2n) is 6.70. The lowest BCUT2D eigenvalue weighted by molar-refractivity contribution is -0.137. The highest BCUT2D eigenvalue weighted by Crippen LogP contribution is 2.44. The summed E-state index contributed by atoms with van der Waals surface area (Å²) < 4.78 is 2.01. The van der Waals surface area contributed by atoms with E-state index in [-0.39, 0.29) is 12.3 Å². The molecule has 0 radical (unpaired) electrons. The van der Waals surface area contributed by atoms with E-state index in [2.05, 4.69) is 24.0 Å². The number of carboxylic acids is 1. The SMILES string of the molecule is Cc1sc2c(c1C)C(c1ccc(Cl)cc1)=C[C@@H](CC(=O)O)c1nnc(C)n1-2. The van der Waals surface area contributed by atoms with Crippen molar-refractivity contribution in [3.63, 3.8) is 0 Å². The van der Waals surface area contributed by atoms with Gasteiger partial charge in [-0.05, 0) is 49.6 Å². The number of carbonyl (C=O) groups is 1. The molecule has 3 heterocycles. The third-order valence-electron chi connectivity index (χ3n) is 4.94. The molecule has 0 unspecified atom stereocenters. The molecular weight excluding hydrogens is 382 g/mol. The summed E-state index contributed by atoms with van der Waals surface area (Å²) in [5.74, 6) is 0.195. The fourth-order valence-electron chi connectivity index (χ4n) is 3.52. The molecule has 27 heavy (non-hydrogen) atoms. The van der Waals surface area contributed by atoms with E-state index in [9.17, 15) is 9.90 Å². The van der Waals surface area contributed by atoms with Crippen molar-refractivity contribution in [1.82, 2.24) is 14.8 Å². The number of aromatic nitrogens is 3. The first-order valence-electron chi connectivity index (χ1n) is 8.59. The van der Waals surface area contributed by atoms with Gasteiger partial charge in [-0.25, -0.2) is 0 Å². The molecule has 5 nitrogen and oxygen atoms in total. The minimum absolute atomic E-state index is 0.0395. The van der Waals surface area contributed by atoms with Crippen LogP contribution in [0.1, 0.15) is 45.6 Å². The molecule has 4 rings (SSSR count). The Labute approximate surface area is 165 Å². The Morgan fingerprint density at radius 3 is 2.59 bits per heavy atom. The van der Waals surface area contributed by atoms with Gasteiger partial charge in [0.1, 0.15) is 16.6 Å². The van der Waals surface area contributed by atoms with E-state index in [1.807, 2.05) is 41.8 Å². The van der Waals surface area contributed by atoms with Gasteiger partial charge < -0.3 is 5.11 Å². The van der Waals surface area contributed by atoms with Gasteiger partial charge in [0, 0.05) is 21.4 Å². The number of aliphatic carboxylic acids is 1. The number of fused-ring (bicyclic) bond motifs is 3. The van der Waals surface area contributed by atoms with Crippen molar-refractivity contribution in [2.24, 2.45) is 0 Å². The Morgan fingerprint density at radius 2 is 1.93 bits per heavy atom. The number of rotatable bonds is 3. The fraction of sp³-hybridized carbons (Fsp3) is 0.250. The molecular formula is C20H18ClN3O2S. The van der Waals surface area contributed by atoms with Crippen molar-refractivity contribution in [2.45, 2.75) is 33.1 Å². The minimum atomic E-state index is -0.864. The molecule has 0 amide bonds. The van der Waals surface area contributed by atoms with Gasteiger partial charge in [-0.1, -0.05) is 29.8 Å². The number of hydrogen-bond acceptors (Lipinski definition) is 4. The van der Waals surface area contributed by atoms with Gasteiger partial charge >= 0.3 is 5.97 Å². The Morgan fingerprint density at radius 1 is 1.22 bits per heavy atom. The number of nitrogens with zero attached hydrogens (tertiary/aromatic N) is 3. The van der Waals surface area contributed by atoms with Crippen LogP contribution in [0.5, 0.6) is 0 Å². The highest BCUT2D eigenvalue weighted by atomic mass is 35.5. The second-order valence-corrected chi connectivity index (χ2v) is 8.34. The van der Waals surface area contributed by atoms with Crippen LogP contribution in [0.25, 0.3) is 10.6 Å². The highest BCUT2D eigenvalue weighted by Gasteiger charge is 2.31. The standard InChI is InChI=1S/C20H18ClN3O2S/c1-10-11(2)27-20-18(10)16(13-4-6-15(21)7-5-13)8-14(9-17(25)26)19-23-22-12(3)24(19)20/h4-8,14H,9H2,1-3H3,(H,25,26)/t14-/m0/s1. The lowest BCUT2D eigenvalue weighted by Gasteiger charge is -2.11. The van der Waals surface area contributed by atoms with Gasteiger partial charge in [-0.3, -0.25) is 9.36 Å². The second kappa shape index (κ2) is 6.62. The molecule has 0 bridgehead atoms. The molecule has 7 heteroatoms. The molecule has 138 valence electrons. The predicted molar refractivity (Wildman–Crippen MR) is 107 cm³/mol. The maximum absolute atomic E-state index is 11.5. The van der Waals surface area contributed by atoms with Gasteiger partial charge in [0.15, 0.2) is 0 Å². The van der Waals surface area contributed by atoms with Crippen LogP contribution in [0.4, 0.5) is 0 Å². The van der Waals surface area contributed by atoms with Crippen LogP contribution >= 0.6 is 22.9 Å². The van der Waals surface area contributed by atoms with Crippen LogP contribution in [-0.4, -0.2) is 25.8 Å². The maximum Gasteiger partial charge on any atom is 0.304 e. The number of benzene rings is 1. The number of carboxylic acid groups (broad SMARTS) is 1. The number of aryl methyl sites for hydroxylation is 2. The van der Waals surface area contributed by atoms with E-state index in [0.717, 1.165) is 27.5 Å². The van der Waals surface area contributed by atoms with Gasteiger partial charge in [-0.15, -0.1) is 21.5 Å². The highest BCUT2D eigenvalue weighted by molar-refractivity contribution is 7.15. The van der Waals surface area contributed by atoms with Crippen molar-refractivity contribution in [2.75, 3.05) is 0 Å². The van der Waals surface area contributed by atoms with Crippen molar-refractivity contribution in [3.8, 4) is 5.00 Å². The largest absolute Gasteiger partial charge is 0.481 e. The Bertz CT molecular complexity index is 1080. The van der Waals surface area contributed by atoms with E-state index in [1.165, 1.54) is 10.4 Å². The summed E-state index contributed by atoms with van der Waals surface area (Å²) in [6, 6.07) is 7.66. The number of allylic oxidation sites excluding steroid dienone is 1. The average Bonchev–Trinajstić information content (AvgIpc) is 3.08.